The molecule has 0 atom stereocenters. The Morgan fingerprint density at radius 2 is 1.95 bits per heavy atom. The van der Waals surface area contributed by atoms with Crippen molar-refractivity contribution in [1.82, 2.24) is 5.32 Å². The average molecular weight is 281 g/mol. The van der Waals surface area contributed by atoms with Crippen molar-refractivity contribution in [3.63, 3.8) is 0 Å². The average Bonchev–Trinajstić information content (AvgIpc) is 2.49. The molecule has 3 rings (SSSR count). The van der Waals surface area contributed by atoms with Gasteiger partial charge in [-0.3, -0.25) is 0 Å². The second-order valence-electron chi connectivity index (χ2n) is 5.09. The van der Waals surface area contributed by atoms with E-state index < -0.39 is 0 Å². The van der Waals surface area contributed by atoms with Crippen molar-refractivity contribution in [3.05, 3.63) is 65.2 Å². The molecule has 2 aromatic rings. The van der Waals surface area contributed by atoms with Crippen LogP contribution in [0, 0.1) is 6.92 Å². The fourth-order valence-electron chi connectivity index (χ4n) is 2.62. The van der Waals surface area contributed by atoms with Crippen molar-refractivity contribution in [2.45, 2.75) is 29.6 Å². The SMILES string of the molecule is CNC1=CCCc2cc(Sc3ccccc3C)ccc21. The van der Waals surface area contributed by atoms with Crippen LogP contribution in [0.25, 0.3) is 5.70 Å². The third-order valence-corrected chi connectivity index (χ3v) is 4.89. The van der Waals surface area contributed by atoms with Crippen molar-refractivity contribution in [3.8, 4) is 0 Å². The summed E-state index contributed by atoms with van der Waals surface area (Å²) >= 11 is 1.86. The van der Waals surface area contributed by atoms with Crippen molar-refractivity contribution >= 4 is 17.5 Å². The van der Waals surface area contributed by atoms with Gasteiger partial charge in [0.25, 0.3) is 0 Å². The Kier molecular flexibility index (Phi) is 3.83. The number of aryl methyl sites for hydroxylation is 2. The van der Waals surface area contributed by atoms with Crippen LogP contribution in [-0.2, 0) is 6.42 Å². The number of hydrogen-bond acceptors (Lipinski definition) is 2. The van der Waals surface area contributed by atoms with E-state index in [9.17, 15) is 0 Å². The van der Waals surface area contributed by atoms with Gasteiger partial charge in [0.2, 0.25) is 0 Å². The second kappa shape index (κ2) is 5.76. The van der Waals surface area contributed by atoms with E-state index in [2.05, 4.69) is 60.8 Å². The summed E-state index contributed by atoms with van der Waals surface area (Å²) in [6.45, 7) is 2.17. The van der Waals surface area contributed by atoms with Gasteiger partial charge in [0.15, 0.2) is 0 Å². The zero-order chi connectivity index (χ0) is 13.9. The summed E-state index contributed by atoms with van der Waals surface area (Å²) in [7, 11) is 2.00. The smallest absolute Gasteiger partial charge is 0.0373 e. The molecule has 20 heavy (non-hydrogen) atoms. The molecule has 0 saturated carbocycles. The summed E-state index contributed by atoms with van der Waals surface area (Å²) in [4.78, 5) is 2.67. The number of allylic oxidation sites excluding steroid dienone is 1. The molecule has 1 N–H and O–H groups in total. The van der Waals surface area contributed by atoms with Crippen LogP contribution in [0.1, 0.15) is 23.1 Å². The highest BCUT2D eigenvalue weighted by Crippen LogP contribution is 2.34. The maximum atomic E-state index is 3.29. The maximum absolute atomic E-state index is 3.29. The van der Waals surface area contributed by atoms with Crippen LogP contribution in [0.3, 0.4) is 0 Å². The summed E-state index contributed by atoms with van der Waals surface area (Å²) in [6, 6.07) is 15.4. The Balaban J connectivity index is 1.90. The minimum absolute atomic E-state index is 1.13. The third-order valence-electron chi connectivity index (χ3n) is 3.72. The topological polar surface area (TPSA) is 12.0 Å². The summed E-state index contributed by atoms with van der Waals surface area (Å²) in [5, 5.41) is 3.29. The van der Waals surface area contributed by atoms with Crippen molar-refractivity contribution < 1.29 is 0 Å². The number of fused-ring (bicyclic) bond motifs is 1. The normalized spacial score (nSPS) is 13.6. The molecule has 1 nitrogen and oxygen atoms in total. The lowest BCUT2D eigenvalue weighted by atomic mass is 9.95. The van der Waals surface area contributed by atoms with Gasteiger partial charge in [0.1, 0.15) is 0 Å². The van der Waals surface area contributed by atoms with E-state index in [0.29, 0.717) is 0 Å². The lowest BCUT2D eigenvalue weighted by Crippen LogP contribution is -2.10. The minimum Gasteiger partial charge on any atom is -0.388 e. The standard InChI is InChI=1S/C18H19NS/c1-13-6-3-4-9-18(13)20-15-10-11-16-14(12-15)7-5-8-17(16)19-2/h3-4,6,8-12,19H,5,7H2,1-2H3. The first-order chi connectivity index (χ1) is 9.78. The van der Waals surface area contributed by atoms with Gasteiger partial charge < -0.3 is 5.32 Å². The Morgan fingerprint density at radius 3 is 2.75 bits per heavy atom. The first-order valence-electron chi connectivity index (χ1n) is 7.02. The van der Waals surface area contributed by atoms with E-state index in [1.165, 1.54) is 32.2 Å². The molecule has 0 aromatic heterocycles. The fraction of sp³-hybridized carbons (Fsp3) is 0.222. The molecule has 2 aromatic carbocycles. The number of rotatable bonds is 3. The molecule has 0 amide bonds. The van der Waals surface area contributed by atoms with Gasteiger partial charge in [-0.25, -0.2) is 0 Å². The summed E-state index contributed by atoms with van der Waals surface area (Å²) in [5.74, 6) is 0. The van der Waals surface area contributed by atoms with Gasteiger partial charge >= 0.3 is 0 Å². The molecular formula is C18H19NS. The molecule has 0 aliphatic heterocycles. The molecule has 1 aliphatic carbocycles. The maximum Gasteiger partial charge on any atom is 0.0373 e. The van der Waals surface area contributed by atoms with E-state index in [-0.39, 0.29) is 0 Å². The first kappa shape index (κ1) is 13.3. The van der Waals surface area contributed by atoms with Crippen LogP contribution in [0.5, 0.6) is 0 Å². The van der Waals surface area contributed by atoms with Gasteiger partial charge in [-0.05, 0) is 49.1 Å². The molecule has 2 heteroatoms. The van der Waals surface area contributed by atoms with E-state index in [4.69, 9.17) is 0 Å². The van der Waals surface area contributed by atoms with Crippen LogP contribution in [-0.4, -0.2) is 7.05 Å². The zero-order valence-electron chi connectivity index (χ0n) is 11.9. The van der Waals surface area contributed by atoms with Gasteiger partial charge in [-0.15, -0.1) is 0 Å². The van der Waals surface area contributed by atoms with Crippen LogP contribution in [0.2, 0.25) is 0 Å². The Morgan fingerprint density at radius 1 is 1.10 bits per heavy atom. The van der Waals surface area contributed by atoms with Crippen LogP contribution in [0.4, 0.5) is 0 Å². The van der Waals surface area contributed by atoms with Gasteiger partial charge in [-0.2, -0.15) is 0 Å². The van der Waals surface area contributed by atoms with E-state index in [1.54, 1.807) is 0 Å². The van der Waals surface area contributed by atoms with Crippen molar-refractivity contribution in [1.29, 1.82) is 0 Å². The monoisotopic (exact) mass is 281 g/mol. The van der Waals surface area contributed by atoms with E-state index >= 15 is 0 Å². The molecule has 0 radical (unpaired) electrons. The largest absolute Gasteiger partial charge is 0.388 e. The number of nitrogens with one attached hydrogen (secondary N) is 1. The van der Waals surface area contributed by atoms with E-state index in [1.807, 2.05) is 18.8 Å². The Hall–Kier alpha value is -1.67. The lowest BCUT2D eigenvalue weighted by molar-refractivity contribution is 0.941. The highest BCUT2D eigenvalue weighted by atomic mass is 32.2. The summed E-state index contributed by atoms with van der Waals surface area (Å²) in [6.07, 6.45) is 4.56. The highest BCUT2D eigenvalue weighted by molar-refractivity contribution is 7.99. The zero-order valence-corrected chi connectivity index (χ0v) is 12.8. The second-order valence-corrected chi connectivity index (χ2v) is 6.21. The summed E-state index contributed by atoms with van der Waals surface area (Å²) in [5.41, 5.74) is 5.41. The molecule has 0 fully saturated rings. The van der Waals surface area contributed by atoms with Gasteiger partial charge in [0.05, 0.1) is 0 Å². The molecule has 0 saturated heterocycles. The third kappa shape index (κ3) is 2.61. The van der Waals surface area contributed by atoms with Crippen molar-refractivity contribution in [2.75, 3.05) is 7.05 Å². The van der Waals surface area contributed by atoms with Crippen molar-refractivity contribution in [2.24, 2.45) is 0 Å². The van der Waals surface area contributed by atoms with Gasteiger partial charge in [0, 0.05) is 28.1 Å². The van der Waals surface area contributed by atoms with Crippen LogP contribution < -0.4 is 5.32 Å². The van der Waals surface area contributed by atoms with E-state index in [0.717, 1.165) is 12.8 Å². The molecule has 0 heterocycles. The molecule has 102 valence electrons. The fourth-order valence-corrected chi connectivity index (χ4v) is 3.59. The van der Waals surface area contributed by atoms with Gasteiger partial charge in [-0.1, -0.05) is 42.1 Å². The first-order valence-corrected chi connectivity index (χ1v) is 7.84. The van der Waals surface area contributed by atoms with Crippen LogP contribution in [0.15, 0.2) is 58.3 Å². The predicted molar refractivity (Wildman–Crippen MR) is 87.1 cm³/mol. The minimum atomic E-state index is 1.13. The molecule has 0 spiro atoms. The molecule has 0 unspecified atom stereocenters. The Labute approximate surface area is 125 Å². The molecule has 0 bridgehead atoms. The Bertz CT molecular complexity index is 658. The number of benzene rings is 2. The number of hydrogen-bond donors (Lipinski definition) is 1. The predicted octanol–water partition coefficient (Wildman–Crippen LogP) is 4.65. The van der Waals surface area contributed by atoms with Crippen LogP contribution >= 0.6 is 11.8 Å². The molecular weight excluding hydrogens is 262 g/mol. The lowest BCUT2D eigenvalue weighted by Gasteiger charge is -2.18. The quantitative estimate of drug-likeness (QED) is 0.878. The summed E-state index contributed by atoms with van der Waals surface area (Å²) < 4.78 is 0. The highest BCUT2D eigenvalue weighted by Gasteiger charge is 2.12. The molecule has 1 aliphatic rings.